The SMILES string of the molecule is COc1ccc(OCC2(c3ccc(Cl)c(Cl)c3)CCN(C(=O)O)CC(C(C)(C)C)O2)cc1. The van der Waals surface area contributed by atoms with Crippen molar-refractivity contribution < 1.29 is 24.1 Å². The molecule has 0 radical (unpaired) electrons. The van der Waals surface area contributed by atoms with Gasteiger partial charge in [0.15, 0.2) is 0 Å². The van der Waals surface area contributed by atoms with Crippen molar-refractivity contribution in [2.75, 3.05) is 26.8 Å². The molecule has 2 atom stereocenters. The molecule has 0 spiro atoms. The lowest BCUT2D eigenvalue weighted by atomic mass is 9.86. The van der Waals surface area contributed by atoms with E-state index in [0.29, 0.717) is 28.8 Å². The monoisotopic (exact) mass is 481 g/mol. The standard InChI is InChI=1S/C24H29Cl2NO5/c1-23(2,3)21-14-27(22(28)29)12-11-24(32-21,16-5-10-19(25)20(26)13-16)15-31-18-8-6-17(30-4)7-9-18/h5-10,13,21H,11-12,14-15H2,1-4H3,(H,28,29). The molecule has 32 heavy (non-hydrogen) atoms. The predicted octanol–water partition coefficient (Wildman–Crippen LogP) is 6.09. The molecule has 1 heterocycles. The van der Waals surface area contributed by atoms with Crippen LogP contribution in [0.5, 0.6) is 11.5 Å². The maximum absolute atomic E-state index is 11.9. The second-order valence-corrected chi connectivity index (χ2v) is 9.85. The lowest BCUT2D eigenvalue weighted by Crippen LogP contribution is -2.45. The molecule has 0 saturated carbocycles. The first-order valence-electron chi connectivity index (χ1n) is 10.4. The van der Waals surface area contributed by atoms with Gasteiger partial charge in [-0.1, -0.05) is 50.0 Å². The number of methoxy groups -OCH3 is 1. The van der Waals surface area contributed by atoms with Gasteiger partial charge in [0.1, 0.15) is 23.7 Å². The quantitative estimate of drug-likeness (QED) is 0.559. The van der Waals surface area contributed by atoms with Gasteiger partial charge in [-0.2, -0.15) is 0 Å². The third kappa shape index (κ3) is 5.61. The van der Waals surface area contributed by atoms with Gasteiger partial charge in [0.25, 0.3) is 0 Å². The minimum absolute atomic E-state index is 0.178. The fraction of sp³-hybridized carbons (Fsp3) is 0.458. The van der Waals surface area contributed by atoms with Gasteiger partial charge < -0.3 is 24.2 Å². The average Bonchev–Trinajstić information content (AvgIpc) is 2.96. The van der Waals surface area contributed by atoms with Crippen LogP contribution in [0.25, 0.3) is 0 Å². The summed E-state index contributed by atoms with van der Waals surface area (Å²) in [7, 11) is 1.61. The van der Waals surface area contributed by atoms with Crippen LogP contribution in [0.4, 0.5) is 4.79 Å². The number of carbonyl (C=O) groups is 1. The van der Waals surface area contributed by atoms with Crippen molar-refractivity contribution >= 4 is 29.3 Å². The number of hydrogen-bond acceptors (Lipinski definition) is 4. The van der Waals surface area contributed by atoms with Crippen molar-refractivity contribution in [1.29, 1.82) is 0 Å². The molecule has 1 fully saturated rings. The molecule has 2 aromatic carbocycles. The van der Waals surface area contributed by atoms with Crippen LogP contribution in [0.1, 0.15) is 32.8 Å². The Labute approximate surface area is 199 Å². The van der Waals surface area contributed by atoms with Crippen LogP contribution in [-0.2, 0) is 10.3 Å². The highest BCUT2D eigenvalue weighted by molar-refractivity contribution is 6.42. The Morgan fingerprint density at radius 2 is 1.81 bits per heavy atom. The van der Waals surface area contributed by atoms with E-state index in [1.165, 1.54) is 4.90 Å². The molecule has 2 unspecified atom stereocenters. The number of halogens is 2. The van der Waals surface area contributed by atoms with E-state index in [1.807, 2.05) is 51.1 Å². The van der Waals surface area contributed by atoms with Crippen LogP contribution < -0.4 is 9.47 Å². The molecule has 1 saturated heterocycles. The van der Waals surface area contributed by atoms with Crippen molar-refractivity contribution in [3.63, 3.8) is 0 Å². The lowest BCUT2D eigenvalue weighted by molar-refractivity contribution is -0.146. The minimum Gasteiger partial charge on any atom is -0.497 e. The van der Waals surface area contributed by atoms with Gasteiger partial charge in [-0.05, 0) is 47.4 Å². The van der Waals surface area contributed by atoms with Gasteiger partial charge in [-0.15, -0.1) is 0 Å². The van der Waals surface area contributed by atoms with Crippen LogP contribution in [0.15, 0.2) is 42.5 Å². The number of carboxylic acid groups (broad SMARTS) is 1. The molecule has 2 aromatic rings. The van der Waals surface area contributed by atoms with Gasteiger partial charge in [-0.3, -0.25) is 0 Å². The van der Waals surface area contributed by atoms with Crippen LogP contribution >= 0.6 is 23.2 Å². The van der Waals surface area contributed by atoms with Gasteiger partial charge in [-0.25, -0.2) is 4.79 Å². The first kappa shape index (κ1) is 24.5. The Bertz CT molecular complexity index is 944. The number of amides is 1. The van der Waals surface area contributed by atoms with Crippen molar-refractivity contribution in [3.05, 3.63) is 58.1 Å². The Morgan fingerprint density at radius 1 is 1.16 bits per heavy atom. The van der Waals surface area contributed by atoms with E-state index in [1.54, 1.807) is 19.2 Å². The summed E-state index contributed by atoms with van der Waals surface area (Å²) < 4.78 is 18.1. The summed E-state index contributed by atoms with van der Waals surface area (Å²) in [5.41, 5.74) is -0.433. The Balaban J connectivity index is 2.01. The van der Waals surface area contributed by atoms with Gasteiger partial charge in [0.05, 0.1) is 29.8 Å². The molecular weight excluding hydrogens is 453 g/mol. The Hall–Kier alpha value is -2.15. The van der Waals surface area contributed by atoms with E-state index in [-0.39, 0.29) is 24.7 Å². The van der Waals surface area contributed by atoms with E-state index >= 15 is 0 Å². The molecule has 0 aromatic heterocycles. The Morgan fingerprint density at radius 3 is 2.38 bits per heavy atom. The maximum atomic E-state index is 11.9. The summed E-state index contributed by atoms with van der Waals surface area (Å²) in [4.78, 5) is 13.3. The summed E-state index contributed by atoms with van der Waals surface area (Å²) >= 11 is 12.5. The van der Waals surface area contributed by atoms with Crippen LogP contribution in [0.2, 0.25) is 10.0 Å². The molecule has 3 rings (SSSR count). The molecule has 1 aliphatic heterocycles. The van der Waals surface area contributed by atoms with Crippen LogP contribution in [-0.4, -0.2) is 49.0 Å². The second-order valence-electron chi connectivity index (χ2n) is 9.04. The number of ether oxygens (including phenoxy) is 3. The van der Waals surface area contributed by atoms with Crippen molar-refractivity contribution in [1.82, 2.24) is 4.90 Å². The van der Waals surface area contributed by atoms with E-state index in [2.05, 4.69) is 0 Å². The first-order chi connectivity index (χ1) is 15.0. The fourth-order valence-corrected chi connectivity index (χ4v) is 3.95. The van der Waals surface area contributed by atoms with Gasteiger partial charge >= 0.3 is 6.09 Å². The van der Waals surface area contributed by atoms with E-state index in [0.717, 1.165) is 11.3 Å². The predicted molar refractivity (Wildman–Crippen MR) is 125 cm³/mol. The van der Waals surface area contributed by atoms with E-state index < -0.39 is 11.7 Å². The highest BCUT2D eigenvalue weighted by atomic mass is 35.5. The van der Waals surface area contributed by atoms with E-state index in [9.17, 15) is 9.90 Å². The highest BCUT2D eigenvalue weighted by Crippen LogP contribution is 2.40. The average molecular weight is 482 g/mol. The molecule has 174 valence electrons. The third-order valence-electron chi connectivity index (χ3n) is 5.75. The number of rotatable bonds is 5. The van der Waals surface area contributed by atoms with E-state index in [4.69, 9.17) is 37.4 Å². The minimum atomic E-state index is -0.969. The van der Waals surface area contributed by atoms with Crippen molar-refractivity contribution in [3.8, 4) is 11.5 Å². The topological polar surface area (TPSA) is 68.2 Å². The zero-order valence-corrected chi connectivity index (χ0v) is 20.2. The molecule has 1 amide bonds. The molecule has 0 aliphatic carbocycles. The smallest absolute Gasteiger partial charge is 0.407 e. The number of benzene rings is 2. The second kappa shape index (κ2) is 9.77. The molecule has 1 aliphatic rings. The summed E-state index contributed by atoms with van der Waals surface area (Å²) in [6.07, 6.45) is -0.932. The summed E-state index contributed by atoms with van der Waals surface area (Å²) in [6.45, 7) is 6.85. The summed E-state index contributed by atoms with van der Waals surface area (Å²) in [5.74, 6) is 1.38. The molecule has 1 N–H and O–H groups in total. The molecule has 0 bridgehead atoms. The van der Waals surface area contributed by atoms with Gasteiger partial charge in [0, 0.05) is 13.0 Å². The lowest BCUT2D eigenvalue weighted by Gasteiger charge is -2.40. The molecular formula is C24H29Cl2NO5. The number of nitrogens with zero attached hydrogens (tertiary/aromatic N) is 1. The zero-order valence-electron chi connectivity index (χ0n) is 18.7. The summed E-state index contributed by atoms with van der Waals surface area (Å²) in [6, 6.07) is 12.6. The largest absolute Gasteiger partial charge is 0.497 e. The molecule has 6 nitrogen and oxygen atoms in total. The van der Waals surface area contributed by atoms with Crippen molar-refractivity contribution in [2.45, 2.75) is 38.9 Å². The maximum Gasteiger partial charge on any atom is 0.407 e. The highest BCUT2D eigenvalue weighted by Gasteiger charge is 2.44. The Kier molecular flexibility index (Phi) is 7.48. The normalized spacial score (nSPS) is 21.7. The van der Waals surface area contributed by atoms with Crippen molar-refractivity contribution in [2.24, 2.45) is 5.41 Å². The van der Waals surface area contributed by atoms with Crippen LogP contribution in [0, 0.1) is 5.41 Å². The third-order valence-corrected chi connectivity index (χ3v) is 6.49. The number of hydrogen-bond donors (Lipinski definition) is 1. The zero-order chi connectivity index (χ0) is 23.5. The summed E-state index contributed by atoms with van der Waals surface area (Å²) in [5, 5.41) is 10.6. The fourth-order valence-electron chi connectivity index (χ4n) is 3.65. The van der Waals surface area contributed by atoms with Crippen LogP contribution in [0.3, 0.4) is 0 Å². The first-order valence-corrected chi connectivity index (χ1v) is 11.2. The van der Waals surface area contributed by atoms with Gasteiger partial charge in [0.2, 0.25) is 0 Å². The molecule has 8 heteroatoms.